The lowest BCUT2D eigenvalue weighted by Crippen LogP contribution is -2.31. The highest BCUT2D eigenvalue weighted by atomic mass is 16.5. The summed E-state index contributed by atoms with van der Waals surface area (Å²) < 4.78 is 4.88. The van der Waals surface area contributed by atoms with Gasteiger partial charge >= 0.3 is 0 Å². The Morgan fingerprint density at radius 2 is 2.24 bits per heavy atom. The van der Waals surface area contributed by atoms with Gasteiger partial charge in [0.2, 0.25) is 0 Å². The largest absolute Gasteiger partial charge is 0.389 e. The molecule has 0 bridgehead atoms. The Hall–Kier alpha value is -1.17. The van der Waals surface area contributed by atoms with Gasteiger partial charge in [-0.15, -0.1) is 0 Å². The van der Waals surface area contributed by atoms with E-state index in [-0.39, 0.29) is 6.04 Å². The van der Waals surface area contributed by atoms with Gasteiger partial charge in [0.15, 0.2) is 0 Å². The van der Waals surface area contributed by atoms with Crippen LogP contribution >= 0.6 is 0 Å². The van der Waals surface area contributed by atoms with Crippen molar-refractivity contribution < 1.29 is 9.84 Å². The fourth-order valence-corrected chi connectivity index (χ4v) is 1.56. The van der Waals surface area contributed by atoms with Gasteiger partial charge in [-0.2, -0.15) is 0 Å². The summed E-state index contributed by atoms with van der Waals surface area (Å²) in [5.41, 5.74) is 7.54. The topological polar surface area (TPSA) is 71.6 Å². The Kier molecular flexibility index (Phi) is 5.34. The quantitative estimate of drug-likeness (QED) is 0.758. The lowest BCUT2D eigenvalue weighted by Gasteiger charge is -2.22. The average Bonchev–Trinajstić information content (AvgIpc) is 2.29. The van der Waals surface area contributed by atoms with Crippen LogP contribution < -0.4 is 10.6 Å². The summed E-state index contributed by atoms with van der Waals surface area (Å²) in [5.74, 6) is 0. The smallest absolute Gasteiger partial charge is 0.0947 e. The van der Waals surface area contributed by atoms with Crippen molar-refractivity contribution >= 4 is 5.69 Å². The van der Waals surface area contributed by atoms with Crippen molar-refractivity contribution in [1.29, 1.82) is 0 Å². The molecule has 0 saturated heterocycles. The third-order valence-electron chi connectivity index (χ3n) is 2.52. The predicted molar refractivity (Wildman–Crippen MR) is 68.0 cm³/mol. The molecule has 0 aromatic carbocycles. The Labute approximate surface area is 102 Å². The van der Waals surface area contributed by atoms with E-state index in [9.17, 15) is 5.11 Å². The second kappa shape index (κ2) is 6.54. The maximum atomic E-state index is 9.62. The fraction of sp³-hybridized carbons (Fsp3) is 0.583. The summed E-state index contributed by atoms with van der Waals surface area (Å²) in [6.45, 7) is 2.73. The molecule has 17 heavy (non-hydrogen) atoms. The monoisotopic (exact) mass is 239 g/mol. The molecule has 1 aromatic heterocycles. The molecule has 1 heterocycles. The molecule has 0 aliphatic carbocycles. The third kappa shape index (κ3) is 4.30. The Morgan fingerprint density at radius 3 is 2.71 bits per heavy atom. The van der Waals surface area contributed by atoms with Gasteiger partial charge in [0, 0.05) is 26.7 Å². The van der Waals surface area contributed by atoms with Crippen molar-refractivity contribution in [2.45, 2.75) is 19.1 Å². The molecule has 0 aliphatic heterocycles. The number of nitrogens with two attached hydrogens (primary N) is 1. The van der Waals surface area contributed by atoms with Crippen LogP contribution in [0.15, 0.2) is 18.3 Å². The number of anilines is 1. The molecule has 1 rings (SSSR count). The van der Waals surface area contributed by atoms with Crippen LogP contribution in [0.25, 0.3) is 0 Å². The van der Waals surface area contributed by atoms with Crippen molar-refractivity contribution in [3.63, 3.8) is 0 Å². The SMILES string of the molecule is COCC(O)CN(C)c1ccc([C@H](C)N)nc1. The van der Waals surface area contributed by atoms with E-state index in [0.29, 0.717) is 13.2 Å². The normalized spacial score (nSPS) is 14.4. The maximum absolute atomic E-state index is 9.62. The molecular weight excluding hydrogens is 218 g/mol. The van der Waals surface area contributed by atoms with Crippen molar-refractivity contribution in [2.24, 2.45) is 5.73 Å². The zero-order valence-electron chi connectivity index (χ0n) is 10.6. The predicted octanol–water partition coefficient (Wildman–Crippen LogP) is 0.545. The Bertz CT molecular complexity index is 327. The molecule has 0 saturated carbocycles. The van der Waals surface area contributed by atoms with E-state index in [2.05, 4.69) is 4.98 Å². The van der Waals surface area contributed by atoms with Crippen LogP contribution in [0.5, 0.6) is 0 Å². The van der Waals surface area contributed by atoms with Crippen molar-refractivity contribution in [1.82, 2.24) is 4.98 Å². The molecule has 96 valence electrons. The summed E-state index contributed by atoms with van der Waals surface area (Å²) in [4.78, 5) is 6.21. The number of aromatic nitrogens is 1. The molecule has 1 aromatic rings. The molecule has 5 nitrogen and oxygen atoms in total. The second-order valence-electron chi connectivity index (χ2n) is 4.22. The first-order valence-corrected chi connectivity index (χ1v) is 5.64. The molecule has 2 atom stereocenters. The lowest BCUT2D eigenvalue weighted by atomic mass is 10.2. The number of hydrogen-bond acceptors (Lipinski definition) is 5. The van der Waals surface area contributed by atoms with Gasteiger partial charge in [0.05, 0.1) is 30.3 Å². The molecule has 1 unspecified atom stereocenters. The number of aliphatic hydroxyl groups excluding tert-OH is 1. The number of hydrogen-bond donors (Lipinski definition) is 2. The fourth-order valence-electron chi connectivity index (χ4n) is 1.56. The van der Waals surface area contributed by atoms with Crippen LogP contribution in [0.3, 0.4) is 0 Å². The third-order valence-corrected chi connectivity index (χ3v) is 2.52. The molecule has 0 aliphatic rings. The molecule has 5 heteroatoms. The number of aliphatic hydroxyl groups is 1. The van der Waals surface area contributed by atoms with Gasteiger partial charge in [0.25, 0.3) is 0 Å². The minimum atomic E-state index is -0.502. The highest BCUT2D eigenvalue weighted by molar-refractivity contribution is 5.44. The van der Waals surface area contributed by atoms with E-state index >= 15 is 0 Å². The van der Waals surface area contributed by atoms with Crippen LogP contribution in [-0.4, -0.2) is 43.5 Å². The summed E-state index contributed by atoms with van der Waals surface area (Å²) in [6.07, 6.45) is 1.26. The van der Waals surface area contributed by atoms with Crippen LogP contribution in [0.1, 0.15) is 18.7 Å². The molecule has 0 radical (unpaired) electrons. The first-order valence-electron chi connectivity index (χ1n) is 5.64. The van der Waals surface area contributed by atoms with Crippen LogP contribution in [0, 0.1) is 0 Å². The Morgan fingerprint density at radius 1 is 1.53 bits per heavy atom. The van der Waals surface area contributed by atoms with Crippen LogP contribution in [0.2, 0.25) is 0 Å². The zero-order chi connectivity index (χ0) is 12.8. The first-order chi connectivity index (χ1) is 8.04. The van der Waals surface area contributed by atoms with Gasteiger partial charge in [-0.3, -0.25) is 4.98 Å². The van der Waals surface area contributed by atoms with Crippen molar-refractivity contribution in [3.05, 3.63) is 24.0 Å². The molecule has 0 amide bonds. The average molecular weight is 239 g/mol. The van der Waals surface area contributed by atoms with Crippen molar-refractivity contribution in [2.75, 3.05) is 32.2 Å². The van der Waals surface area contributed by atoms with Crippen LogP contribution in [-0.2, 0) is 4.74 Å². The van der Waals surface area contributed by atoms with Crippen LogP contribution in [0.4, 0.5) is 5.69 Å². The summed E-state index contributed by atoms with van der Waals surface area (Å²) in [6, 6.07) is 3.79. The van der Waals surface area contributed by atoms with E-state index in [4.69, 9.17) is 10.5 Å². The van der Waals surface area contributed by atoms with Gasteiger partial charge in [-0.1, -0.05) is 0 Å². The molecule has 3 N–H and O–H groups in total. The molecule has 0 fully saturated rings. The first kappa shape index (κ1) is 13.9. The zero-order valence-corrected chi connectivity index (χ0v) is 10.6. The number of methoxy groups -OCH3 is 1. The van der Waals surface area contributed by atoms with Gasteiger partial charge < -0.3 is 20.5 Å². The minimum absolute atomic E-state index is 0.0616. The van der Waals surface area contributed by atoms with E-state index in [1.54, 1.807) is 13.3 Å². The highest BCUT2D eigenvalue weighted by Gasteiger charge is 2.09. The number of pyridine rings is 1. The summed E-state index contributed by atoms with van der Waals surface area (Å²) in [5, 5.41) is 9.62. The maximum Gasteiger partial charge on any atom is 0.0947 e. The van der Waals surface area contributed by atoms with E-state index in [1.807, 2.05) is 31.0 Å². The molecular formula is C12H21N3O2. The number of nitrogens with zero attached hydrogens (tertiary/aromatic N) is 2. The van der Waals surface area contributed by atoms with Crippen molar-refractivity contribution in [3.8, 4) is 0 Å². The second-order valence-corrected chi connectivity index (χ2v) is 4.22. The van der Waals surface area contributed by atoms with E-state index in [1.165, 1.54) is 0 Å². The van der Waals surface area contributed by atoms with Gasteiger partial charge in [-0.05, 0) is 19.1 Å². The minimum Gasteiger partial charge on any atom is -0.389 e. The van der Waals surface area contributed by atoms with E-state index < -0.39 is 6.10 Å². The lowest BCUT2D eigenvalue weighted by molar-refractivity contribution is 0.0695. The van der Waals surface area contributed by atoms with Gasteiger partial charge in [-0.25, -0.2) is 0 Å². The van der Waals surface area contributed by atoms with E-state index in [0.717, 1.165) is 11.4 Å². The number of ether oxygens (including phenoxy) is 1. The summed E-state index contributed by atoms with van der Waals surface area (Å²) in [7, 11) is 3.48. The van der Waals surface area contributed by atoms with Gasteiger partial charge in [0.1, 0.15) is 0 Å². The Balaban J connectivity index is 2.60. The molecule has 0 spiro atoms. The number of likely N-dealkylation sites (N-methyl/N-ethyl adjacent to an activating group) is 1. The summed E-state index contributed by atoms with van der Waals surface area (Å²) >= 11 is 0. The highest BCUT2D eigenvalue weighted by Crippen LogP contribution is 2.14. The number of rotatable bonds is 6. The standard InChI is InChI=1S/C12H21N3O2/c1-9(13)12-5-4-10(6-14-12)15(2)7-11(16)8-17-3/h4-6,9,11,16H,7-8,13H2,1-3H3/t9-,11?/m0/s1.